The number of nitrogens with zero attached hydrogens (tertiary/aromatic N) is 4. The predicted octanol–water partition coefficient (Wildman–Crippen LogP) is 1.48. The highest BCUT2D eigenvalue weighted by molar-refractivity contribution is 5.76. The van der Waals surface area contributed by atoms with Crippen molar-refractivity contribution in [3.8, 4) is 0 Å². The largest absolute Gasteiger partial charge is 0.348 e. The number of amides is 1. The molecule has 6 heteroatoms. The maximum Gasteiger partial charge on any atom is 0.242 e. The Morgan fingerprint density at radius 2 is 2.33 bits per heavy atom. The average Bonchev–Trinajstić information content (AvgIpc) is 2.83. The van der Waals surface area contributed by atoms with E-state index in [4.69, 9.17) is 0 Å². The Bertz CT molecular complexity index is 664. The molecule has 0 spiro atoms. The minimum atomic E-state index is -0.0310. The van der Waals surface area contributed by atoms with E-state index in [0.717, 1.165) is 42.0 Å². The lowest BCUT2D eigenvalue weighted by Crippen LogP contribution is -2.34. The monoisotopic (exact) mass is 285 g/mol. The molecule has 0 aliphatic heterocycles. The van der Waals surface area contributed by atoms with E-state index in [1.54, 1.807) is 4.68 Å². The third kappa shape index (κ3) is 3.09. The van der Waals surface area contributed by atoms with Crippen molar-refractivity contribution in [3.05, 3.63) is 41.2 Å². The summed E-state index contributed by atoms with van der Waals surface area (Å²) in [5.74, 6) is 0.754. The lowest BCUT2D eigenvalue weighted by molar-refractivity contribution is -0.122. The first-order valence-electron chi connectivity index (χ1n) is 7.23. The molecule has 0 saturated carbocycles. The van der Waals surface area contributed by atoms with E-state index < -0.39 is 0 Å². The summed E-state index contributed by atoms with van der Waals surface area (Å²) in [5.41, 5.74) is 3.03. The molecule has 0 radical (unpaired) electrons. The maximum absolute atomic E-state index is 12.2. The number of fused-ring (bicyclic) bond motifs is 1. The van der Waals surface area contributed by atoms with Crippen molar-refractivity contribution < 1.29 is 4.79 Å². The molecule has 0 aromatic carbocycles. The fraction of sp³-hybridized carbons (Fsp3) is 0.467. The van der Waals surface area contributed by atoms with E-state index >= 15 is 0 Å². The van der Waals surface area contributed by atoms with Crippen LogP contribution in [0.1, 0.15) is 41.7 Å². The van der Waals surface area contributed by atoms with E-state index in [2.05, 4.69) is 20.4 Å². The number of aryl methyl sites for hydroxylation is 3. The predicted molar refractivity (Wildman–Crippen MR) is 77.6 cm³/mol. The molecule has 0 fully saturated rings. The highest BCUT2D eigenvalue weighted by Gasteiger charge is 2.23. The Labute approximate surface area is 123 Å². The molecule has 3 rings (SSSR count). The lowest BCUT2D eigenvalue weighted by Gasteiger charge is -2.25. The molecule has 21 heavy (non-hydrogen) atoms. The van der Waals surface area contributed by atoms with Gasteiger partial charge in [0.2, 0.25) is 5.91 Å². The molecule has 1 amide bonds. The van der Waals surface area contributed by atoms with Gasteiger partial charge in [-0.1, -0.05) is 0 Å². The van der Waals surface area contributed by atoms with Crippen molar-refractivity contribution in [2.45, 2.75) is 45.7 Å². The van der Waals surface area contributed by atoms with Crippen LogP contribution in [0.3, 0.4) is 0 Å². The van der Waals surface area contributed by atoms with Crippen molar-refractivity contribution in [2.75, 3.05) is 0 Å². The quantitative estimate of drug-likeness (QED) is 0.927. The van der Waals surface area contributed by atoms with Crippen LogP contribution in [0.25, 0.3) is 0 Å². The van der Waals surface area contributed by atoms with Crippen LogP contribution < -0.4 is 5.32 Å². The van der Waals surface area contributed by atoms with E-state index in [1.807, 2.05) is 32.3 Å². The van der Waals surface area contributed by atoms with Crippen LogP contribution in [-0.4, -0.2) is 25.7 Å². The van der Waals surface area contributed by atoms with Crippen LogP contribution in [0.5, 0.6) is 0 Å². The smallest absolute Gasteiger partial charge is 0.242 e. The molecule has 0 bridgehead atoms. The van der Waals surface area contributed by atoms with Crippen molar-refractivity contribution >= 4 is 5.91 Å². The number of rotatable bonds is 3. The van der Waals surface area contributed by atoms with Gasteiger partial charge in [0, 0.05) is 23.7 Å². The molecular weight excluding hydrogens is 266 g/mol. The molecule has 2 aromatic heterocycles. The van der Waals surface area contributed by atoms with Crippen LogP contribution in [0.15, 0.2) is 18.5 Å². The van der Waals surface area contributed by atoms with Gasteiger partial charge in [0.1, 0.15) is 12.4 Å². The topological polar surface area (TPSA) is 72.7 Å². The lowest BCUT2D eigenvalue weighted by atomic mass is 9.92. The van der Waals surface area contributed by atoms with Gasteiger partial charge in [-0.15, -0.1) is 0 Å². The molecule has 1 atom stereocenters. The van der Waals surface area contributed by atoms with Crippen LogP contribution in [0.4, 0.5) is 0 Å². The summed E-state index contributed by atoms with van der Waals surface area (Å²) in [4.78, 5) is 20.9. The SMILES string of the molecule is Cc1ccn(CC(=O)N[C@@H]2CCCc3nc(C)ncc32)n1. The van der Waals surface area contributed by atoms with Gasteiger partial charge in [0.05, 0.1) is 11.7 Å². The molecule has 1 N–H and O–H groups in total. The van der Waals surface area contributed by atoms with Crippen molar-refractivity contribution in [3.63, 3.8) is 0 Å². The van der Waals surface area contributed by atoms with Crippen LogP contribution in [-0.2, 0) is 17.8 Å². The zero-order valence-electron chi connectivity index (χ0n) is 12.3. The standard InChI is InChI=1S/C15H19N5O/c1-10-6-7-20(19-10)9-15(21)18-14-5-3-4-13-12(14)8-16-11(2)17-13/h6-8,14H,3-5,9H2,1-2H3,(H,18,21)/t14-/m1/s1. The number of hydrogen-bond donors (Lipinski definition) is 1. The van der Waals surface area contributed by atoms with Crippen molar-refractivity contribution in [1.82, 2.24) is 25.1 Å². The Balaban J connectivity index is 1.70. The molecule has 2 aromatic rings. The normalized spacial score (nSPS) is 17.3. The summed E-state index contributed by atoms with van der Waals surface area (Å²) in [6.45, 7) is 4.04. The molecule has 1 aliphatic carbocycles. The Hall–Kier alpha value is -2.24. The van der Waals surface area contributed by atoms with Crippen LogP contribution in [0.2, 0.25) is 0 Å². The minimum Gasteiger partial charge on any atom is -0.348 e. The summed E-state index contributed by atoms with van der Waals surface area (Å²) in [5, 5.41) is 7.30. The number of hydrogen-bond acceptors (Lipinski definition) is 4. The summed E-state index contributed by atoms with van der Waals surface area (Å²) < 4.78 is 1.65. The first kappa shape index (κ1) is 13.7. The van der Waals surface area contributed by atoms with E-state index in [-0.39, 0.29) is 18.5 Å². The van der Waals surface area contributed by atoms with Gasteiger partial charge < -0.3 is 5.32 Å². The summed E-state index contributed by atoms with van der Waals surface area (Å²) >= 11 is 0. The fourth-order valence-electron chi connectivity index (χ4n) is 2.73. The molecular formula is C15H19N5O. The van der Waals surface area contributed by atoms with Gasteiger partial charge in [-0.25, -0.2) is 9.97 Å². The van der Waals surface area contributed by atoms with Gasteiger partial charge in [0.25, 0.3) is 0 Å². The maximum atomic E-state index is 12.2. The highest BCUT2D eigenvalue weighted by atomic mass is 16.2. The third-order valence-corrected chi connectivity index (χ3v) is 3.72. The Morgan fingerprint density at radius 1 is 1.48 bits per heavy atom. The number of aromatic nitrogens is 4. The third-order valence-electron chi connectivity index (χ3n) is 3.72. The molecule has 0 unspecified atom stereocenters. The Morgan fingerprint density at radius 3 is 3.10 bits per heavy atom. The van der Waals surface area contributed by atoms with Gasteiger partial charge in [0.15, 0.2) is 0 Å². The van der Waals surface area contributed by atoms with E-state index in [9.17, 15) is 4.79 Å². The first-order valence-corrected chi connectivity index (χ1v) is 7.23. The van der Waals surface area contributed by atoms with Crippen LogP contribution in [0, 0.1) is 13.8 Å². The second-order valence-electron chi connectivity index (χ2n) is 5.49. The van der Waals surface area contributed by atoms with Crippen molar-refractivity contribution in [1.29, 1.82) is 0 Å². The average molecular weight is 285 g/mol. The molecule has 0 saturated heterocycles. The van der Waals surface area contributed by atoms with Crippen molar-refractivity contribution in [2.24, 2.45) is 0 Å². The van der Waals surface area contributed by atoms with Crippen LogP contribution >= 0.6 is 0 Å². The van der Waals surface area contributed by atoms with E-state index in [1.165, 1.54) is 0 Å². The second kappa shape index (κ2) is 5.63. The zero-order valence-corrected chi connectivity index (χ0v) is 12.3. The zero-order chi connectivity index (χ0) is 14.8. The molecule has 2 heterocycles. The summed E-state index contributed by atoms with van der Waals surface area (Å²) in [6.07, 6.45) is 6.60. The second-order valence-corrected chi connectivity index (χ2v) is 5.49. The van der Waals surface area contributed by atoms with Gasteiger partial charge >= 0.3 is 0 Å². The Kier molecular flexibility index (Phi) is 3.68. The van der Waals surface area contributed by atoms with E-state index in [0.29, 0.717) is 0 Å². The fourth-order valence-corrected chi connectivity index (χ4v) is 2.73. The molecule has 1 aliphatic rings. The summed E-state index contributed by atoms with van der Waals surface area (Å²) in [6, 6.07) is 1.90. The molecule has 6 nitrogen and oxygen atoms in total. The molecule has 110 valence electrons. The number of carbonyl (C=O) groups excluding carboxylic acids is 1. The first-order chi connectivity index (χ1) is 10.1. The number of carbonyl (C=O) groups is 1. The van der Waals surface area contributed by atoms with Gasteiger partial charge in [-0.3, -0.25) is 9.48 Å². The van der Waals surface area contributed by atoms with Gasteiger partial charge in [-0.2, -0.15) is 5.10 Å². The minimum absolute atomic E-state index is 0.0125. The van der Waals surface area contributed by atoms with Gasteiger partial charge in [-0.05, 0) is 39.2 Å². The summed E-state index contributed by atoms with van der Waals surface area (Å²) in [7, 11) is 0. The number of nitrogens with one attached hydrogen (secondary N) is 1. The highest BCUT2D eigenvalue weighted by Crippen LogP contribution is 2.27.